The predicted molar refractivity (Wildman–Crippen MR) is 67.0 cm³/mol. The molecule has 0 amide bonds. The smallest absolute Gasteiger partial charge is 0.0433 e. The highest BCUT2D eigenvalue weighted by atomic mass is 16.3. The van der Waals surface area contributed by atoms with E-state index in [0.717, 1.165) is 36.6 Å². The third-order valence-corrected chi connectivity index (χ3v) is 4.81. The molecule has 3 N–H and O–H groups in total. The molecule has 2 heteroatoms. The van der Waals surface area contributed by atoms with E-state index in [4.69, 9.17) is 10.8 Å². The fourth-order valence-electron chi connectivity index (χ4n) is 4.10. The highest BCUT2D eigenvalue weighted by Gasteiger charge is 2.40. The maximum atomic E-state index is 8.97. The maximum absolute atomic E-state index is 8.97. The topological polar surface area (TPSA) is 46.2 Å². The summed E-state index contributed by atoms with van der Waals surface area (Å²) >= 11 is 0. The van der Waals surface area contributed by atoms with E-state index in [2.05, 4.69) is 0 Å². The summed E-state index contributed by atoms with van der Waals surface area (Å²) in [6.07, 6.45) is 10.7. The summed E-state index contributed by atoms with van der Waals surface area (Å²) in [4.78, 5) is 0. The number of rotatable bonds is 6. The second kappa shape index (κ2) is 6.02. The van der Waals surface area contributed by atoms with Gasteiger partial charge in [0.1, 0.15) is 0 Å². The fraction of sp³-hybridized carbons (Fsp3) is 1.00. The van der Waals surface area contributed by atoms with E-state index in [1.807, 2.05) is 0 Å². The predicted octanol–water partition coefficient (Wildman–Crippen LogP) is 2.55. The molecule has 0 aromatic heterocycles. The number of hydrogen-bond donors (Lipinski definition) is 2. The third-order valence-electron chi connectivity index (χ3n) is 4.81. The van der Waals surface area contributed by atoms with Gasteiger partial charge in [0.2, 0.25) is 0 Å². The molecule has 0 saturated heterocycles. The van der Waals surface area contributed by atoms with Gasteiger partial charge in [0.25, 0.3) is 0 Å². The van der Waals surface area contributed by atoms with E-state index < -0.39 is 0 Å². The SMILES string of the molecule is NCCCCC1CC2CC(CCO)CC2C1. The van der Waals surface area contributed by atoms with Crippen molar-refractivity contribution in [3.05, 3.63) is 0 Å². The Hall–Kier alpha value is -0.0800. The van der Waals surface area contributed by atoms with Crippen LogP contribution in [-0.2, 0) is 0 Å². The summed E-state index contributed by atoms with van der Waals surface area (Å²) in [6, 6.07) is 0. The molecule has 0 spiro atoms. The monoisotopic (exact) mass is 225 g/mol. The second-order valence-corrected chi connectivity index (χ2v) is 5.99. The molecule has 2 aliphatic rings. The summed E-state index contributed by atoms with van der Waals surface area (Å²) in [6.45, 7) is 1.25. The Morgan fingerprint density at radius 2 is 1.44 bits per heavy atom. The van der Waals surface area contributed by atoms with Crippen LogP contribution >= 0.6 is 0 Å². The van der Waals surface area contributed by atoms with Gasteiger partial charge >= 0.3 is 0 Å². The molecule has 0 heterocycles. The standard InChI is InChI=1S/C14H27NO/c15-5-2-1-3-11-7-13-9-12(4-6-16)10-14(13)8-11/h11-14,16H,1-10,15H2. The van der Waals surface area contributed by atoms with E-state index >= 15 is 0 Å². The third kappa shape index (κ3) is 2.98. The van der Waals surface area contributed by atoms with Gasteiger partial charge in [-0.05, 0) is 68.7 Å². The molecule has 2 unspecified atom stereocenters. The van der Waals surface area contributed by atoms with Crippen LogP contribution in [0.15, 0.2) is 0 Å². The fourth-order valence-corrected chi connectivity index (χ4v) is 4.10. The zero-order valence-electron chi connectivity index (χ0n) is 10.4. The molecule has 16 heavy (non-hydrogen) atoms. The molecule has 2 saturated carbocycles. The number of hydrogen-bond acceptors (Lipinski definition) is 2. The van der Waals surface area contributed by atoms with Crippen LogP contribution in [0.4, 0.5) is 0 Å². The van der Waals surface area contributed by atoms with Crippen molar-refractivity contribution < 1.29 is 5.11 Å². The van der Waals surface area contributed by atoms with Crippen molar-refractivity contribution in [2.75, 3.05) is 13.2 Å². The second-order valence-electron chi connectivity index (χ2n) is 5.99. The Bertz CT molecular complexity index is 193. The van der Waals surface area contributed by atoms with Crippen LogP contribution in [0.25, 0.3) is 0 Å². The van der Waals surface area contributed by atoms with Gasteiger partial charge in [-0.3, -0.25) is 0 Å². The first-order valence-electron chi connectivity index (χ1n) is 7.14. The Morgan fingerprint density at radius 3 is 1.94 bits per heavy atom. The average Bonchev–Trinajstić information content (AvgIpc) is 2.76. The number of unbranched alkanes of at least 4 members (excludes halogenated alkanes) is 1. The van der Waals surface area contributed by atoms with E-state index in [1.165, 1.54) is 44.9 Å². The highest BCUT2D eigenvalue weighted by Crippen LogP contribution is 2.51. The molecule has 0 bridgehead atoms. The summed E-state index contributed by atoms with van der Waals surface area (Å²) in [7, 11) is 0. The van der Waals surface area contributed by atoms with Crippen molar-refractivity contribution in [3.8, 4) is 0 Å². The van der Waals surface area contributed by atoms with Gasteiger partial charge in [0.05, 0.1) is 0 Å². The molecular weight excluding hydrogens is 198 g/mol. The first-order chi connectivity index (χ1) is 7.83. The van der Waals surface area contributed by atoms with E-state index in [1.54, 1.807) is 0 Å². The number of fused-ring (bicyclic) bond motifs is 1. The molecule has 2 aliphatic carbocycles. The number of aliphatic hydroxyl groups is 1. The minimum absolute atomic E-state index is 0.393. The lowest BCUT2D eigenvalue weighted by atomic mass is 9.93. The first-order valence-corrected chi connectivity index (χ1v) is 7.14. The zero-order valence-corrected chi connectivity index (χ0v) is 10.4. The van der Waals surface area contributed by atoms with Crippen LogP contribution in [0.3, 0.4) is 0 Å². The lowest BCUT2D eigenvalue weighted by molar-refractivity contribution is 0.251. The highest BCUT2D eigenvalue weighted by molar-refractivity contribution is 4.91. The lowest BCUT2D eigenvalue weighted by Crippen LogP contribution is -2.04. The largest absolute Gasteiger partial charge is 0.396 e. The summed E-state index contributed by atoms with van der Waals surface area (Å²) in [5.74, 6) is 3.83. The van der Waals surface area contributed by atoms with Gasteiger partial charge in [-0.25, -0.2) is 0 Å². The van der Waals surface area contributed by atoms with Crippen molar-refractivity contribution >= 4 is 0 Å². The van der Waals surface area contributed by atoms with Crippen LogP contribution in [0.2, 0.25) is 0 Å². The van der Waals surface area contributed by atoms with E-state index in [9.17, 15) is 0 Å². The molecule has 2 nitrogen and oxygen atoms in total. The van der Waals surface area contributed by atoms with Crippen molar-refractivity contribution in [1.82, 2.24) is 0 Å². The Labute approximate surface area is 99.6 Å². The molecule has 2 fully saturated rings. The van der Waals surface area contributed by atoms with Crippen molar-refractivity contribution in [2.24, 2.45) is 29.4 Å². The Kier molecular flexibility index (Phi) is 4.66. The normalized spacial score (nSPS) is 37.9. The Morgan fingerprint density at radius 1 is 0.875 bits per heavy atom. The van der Waals surface area contributed by atoms with Gasteiger partial charge in [-0.15, -0.1) is 0 Å². The van der Waals surface area contributed by atoms with Gasteiger partial charge in [0.15, 0.2) is 0 Å². The van der Waals surface area contributed by atoms with Crippen LogP contribution in [0, 0.1) is 23.7 Å². The van der Waals surface area contributed by atoms with Crippen LogP contribution in [-0.4, -0.2) is 18.3 Å². The van der Waals surface area contributed by atoms with Gasteiger partial charge < -0.3 is 10.8 Å². The van der Waals surface area contributed by atoms with E-state index in [-0.39, 0.29) is 0 Å². The number of nitrogens with two attached hydrogens (primary N) is 1. The molecule has 0 radical (unpaired) electrons. The maximum Gasteiger partial charge on any atom is 0.0433 e. The summed E-state index contributed by atoms with van der Waals surface area (Å²) < 4.78 is 0. The lowest BCUT2D eigenvalue weighted by Gasteiger charge is -2.13. The minimum Gasteiger partial charge on any atom is -0.396 e. The average molecular weight is 225 g/mol. The zero-order chi connectivity index (χ0) is 11.4. The molecule has 2 atom stereocenters. The van der Waals surface area contributed by atoms with Crippen molar-refractivity contribution in [2.45, 2.75) is 51.4 Å². The van der Waals surface area contributed by atoms with Crippen molar-refractivity contribution in [3.63, 3.8) is 0 Å². The molecule has 0 aliphatic heterocycles. The number of aliphatic hydroxyl groups excluding tert-OH is 1. The van der Waals surface area contributed by atoms with Crippen molar-refractivity contribution in [1.29, 1.82) is 0 Å². The van der Waals surface area contributed by atoms with Crippen LogP contribution in [0.5, 0.6) is 0 Å². The minimum atomic E-state index is 0.393. The Balaban J connectivity index is 1.67. The van der Waals surface area contributed by atoms with Gasteiger partial charge in [-0.1, -0.05) is 12.8 Å². The molecule has 0 aromatic rings. The quantitative estimate of drug-likeness (QED) is 0.682. The summed E-state index contributed by atoms with van der Waals surface area (Å²) in [5.41, 5.74) is 5.53. The molecule has 2 rings (SSSR count). The molecule has 0 aromatic carbocycles. The summed E-state index contributed by atoms with van der Waals surface area (Å²) in [5, 5.41) is 8.97. The van der Waals surface area contributed by atoms with Crippen LogP contribution in [0.1, 0.15) is 51.4 Å². The van der Waals surface area contributed by atoms with E-state index in [0.29, 0.717) is 6.61 Å². The van der Waals surface area contributed by atoms with Gasteiger partial charge in [0, 0.05) is 6.61 Å². The first kappa shape index (κ1) is 12.4. The van der Waals surface area contributed by atoms with Gasteiger partial charge in [-0.2, -0.15) is 0 Å². The van der Waals surface area contributed by atoms with Crippen LogP contribution < -0.4 is 5.73 Å². The molecule has 94 valence electrons. The molecular formula is C14H27NO.